The molecule has 0 amide bonds. The van der Waals surface area contributed by atoms with E-state index in [0.29, 0.717) is 17.9 Å². The van der Waals surface area contributed by atoms with Crippen molar-refractivity contribution in [2.45, 2.75) is 26.4 Å². The maximum absolute atomic E-state index is 9.01. The number of hydrogen-bond donors (Lipinski definition) is 1. The first-order valence-electron chi connectivity index (χ1n) is 7.84. The summed E-state index contributed by atoms with van der Waals surface area (Å²) in [6.45, 7) is 3.10. The molecule has 0 atom stereocenters. The average molecular weight is 324 g/mol. The fraction of sp³-hybridized carbons (Fsp3) is 0.263. The van der Waals surface area contributed by atoms with Gasteiger partial charge in [-0.25, -0.2) is 0 Å². The highest BCUT2D eigenvalue weighted by Gasteiger charge is 2.09. The van der Waals surface area contributed by atoms with Crippen LogP contribution in [0, 0.1) is 11.3 Å². The van der Waals surface area contributed by atoms with E-state index in [1.54, 1.807) is 12.1 Å². The van der Waals surface area contributed by atoms with Crippen LogP contribution in [0.15, 0.2) is 53.7 Å². The minimum absolute atomic E-state index is 0.0335. The summed E-state index contributed by atoms with van der Waals surface area (Å²) in [7, 11) is 0. The molecule has 0 saturated carbocycles. The van der Waals surface area contributed by atoms with Crippen LogP contribution in [-0.2, 0) is 6.61 Å². The zero-order valence-corrected chi connectivity index (χ0v) is 13.6. The van der Waals surface area contributed by atoms with Crippen LogP contribution < -0.4 is 9.47 Å². The van der Waals surface area contributed by atoms with E-state index in [1.165, 1.54) is 0 Å². The average Bonchev–Trinajstić information content (AvgIpc) is 2.63. The van der Waals surface area contributed by atoms with Gasteiger partial charge in [-0.05, 0) is 36.2 Å². The zero-order valence-electron chi connectivity index (χ0n) is 13.6. The highest BCUT2D eigenvalue weighted by molar-refractivity contribution is 6.12. The number of unbranched alkanes of at least 4 members (excludes halogenated alkanes) is 1. The molecule has 2 rings (SSSR count). The minimum atomic E-state index is -0.0335. The molecule has 0 aliphatic heterocycles. The number of hydrogen-bond acceptors (Lipinski definition) is 5. The van der Waals surface area contributed by atoms with Crippen molar-refractivity contribution in [1.82, 2.24) is 0 Å². The third-order valence-electron chi connectivity index (χ3n) is 3.46. The molecule has 0 spiro atoms. The monoisotopic (exact) mass is 324 g/mol. The summed E-state index contributed by atoms with van der Waals surface area (Å²) in [4.78, 5) is 0. The van der Waals surface area contributed by atoms with Crippen LogP contribution in [0.2, 0.25) is 0 Å². The third kappa shape index (κ3) is 4.75. The van der Waals surface area contributed by atoms with Crippen LogP contribution in [0.3, 0.4) is 0 Å². The van der Waals surface area contributed by atoms with Crippen molar-refractivity contribution in [3.63, 3.8) is 0 Å². The van der Waals surface area contributed by atoms with Crippen LogP contribution in [0.1, 0.15) is 30.9 Å². The van der Waals surface area contributed by atoms with E-state index in [4.69, 9.17) is 19.9 Å². The second-order valence-corrected chi connectivity index (χ2v) is 5.18. The van der Waals surface area contributed by atoms with Crippen molar-refractivity contribution in [2.24, 2.45) is 5.16 Å². The summed E-state index contributed by atoms with van der Waals surface area (Å²) in [6.07, 6.45) is 2.13. The Bertz CT molecular complexity index is 718. The predicted molar refractivity (Wildman–Crippen MR) is 91.6 cm³/mol. The summed E-state index contributed by atoms with van der Waals surface area (Å²) < 4.78 is 11.4. The van der Waals surface area contributed by atoms with Crippen molar-refractivity contribution in [3.05, 3.63) is 59.7 Å². The van der Waals surface area contributed by atoms with Crippen LogP contribution >= 0.6 is 0 Å². The summed E-state index contributed by atoms with van der Waals surface area (Å²) in [6, 6.07) is 16.5. The normalized spacial score (nSPS) is 10.9. The lowest BCUT2D eigenvalue weighted by atomic mass is 10.0. The van der Waals surface area contributed by atoms with Gasteiger partial charge < -0.3 is 14.7 Å². The first-order valence-corrected chi connectivity index (χ1v) is 7.84. The van der Waals surface area contributed by atoms with Gasteiger partial charge in [-0.3, -0.25) is 0 Å². The van der Waals surface area contributed by atoms with E-state index in [1.807, 2.05) is 42.5 Å². The quantitative estimate of drug-likeness (QED) is 0.342. The molecule has 2 aromatic carbocycles. The second-order valence-electron chi connectivity index (χ2n) is 5.18. The summed E-state index contributed by atoms with van der Waals surface area (Å²) >= 11 is 0. The molecule has 0 aromatic heterocycles. The molecule has 5 nitrogen and oxygen atoms in total. The van der Waals surface area contributed by atoms with Gasteiger partial charge in [0.2, 0.25) is 0 Å². The maximum Gasteiger partial charge on any atom is 0.187 e. The molecular formula is C19H20N2O3. The number of rotatable bonds is 8. The Balaban J connectivity index is 2.00. The molecule has 0 unspecified atom stereocenters. The van der Waals surface area contributed by atoms with E-state index >= 15 is 0 Å². The van der Waals surface area contributed by atoms with E-state index in [0.717, 1.165) is 24.2 Å². The van der Waals surface area contributed by atoms with Crippen molar-refractivity contribution in [2.75, 3.05) is 6.61 Å². The number of nitriles is 1. The van der Waals surface area contributed by atoms with Gasteiger partial charge in [-0.15, -0.1) is 0 Å². The minimum Gasteiger partial charge on any atom is -0.494 e. The van der Waals surface area contributed by atoms with E-state index in [2.05, 4.69) is 12.1 Å². The molecule has 0 saturated heterocycles. The van der Waals surface area contributed by atoms with E-state index in [-0.39, 0.29) is 12.3 Å². The van der Waals surface area contributed by atoms with Gasteiger partial charge in [-0.2, -0.15) is 5.26 Å². The lowest BCUT2D eigenvalue weighted by Gasteiger charge is -2.10. The van der Waals surface area contributed by atoms with Gasteiger partial charge in [0.1, 0.15) is 24.2 Å². The topological polar surface area (TPSA) is 74.8 Å². The van der Waals surface area contributed by atoms with Gasteiger partial charge in [0.15, 0.2) is 5.71 Å². The molecule has 0 radical (unpaired) electrons. The van der Waals surface area contributed by atoms with Crippen molar-refractivity contribution in [3.8, 4) is 17.6 Å². The highest BCUT2D eigenvalue weighted by Crippen LogP contribution is 2.20. The molecule has 0 aliphatic carbocycles. The first-order chi connectivity index (χ1) is 11.8. The van der Waals surface area contributed by atoms with E-state index < -0.39 is 0 Å². The fourth-order valence-corrected chi connectivity index (χ4v) is 2.14. The molecule has 2 aromatic rings. The molecule has 0 fully saturated rings. The van der Waals surface area contributed by atoms with Gasteiger partial charge in [-0.1, -0.05) is 42.8 Å². The molecule has 0 aliphatic rings. The lowest BCUT2D eigenvalue weighted by Crippen LogP contribution is -2.05. The predicted octanol–water partition coefficient (Wildman–Crippen LogP) is 4.15. The first kappa shape index (κ1) is 17.4. The van der Waals surface area contributed by atoms with E-state index in [9.17, 15) is 0 Å². The molecule has 124 valence electrons. The SMILES string of the molecule is CCCCOc1ccc(OCc2ccccc2/C(C#N)=N\O)cc1. The summed E-state index contributed by atoms with van der Waals surface area (Å²) in [5.41, 5.74) is 1.30. The van der Waals surface area contributed by atoms with Crippen LogP contribution in [0.25, 0.3) is 0 Å². The molecule has 5 heteroatoms. The Hall–Kier alpha value is -3.00. The Morgan fingerprint density at radius 3 is 2.38 bits per heavy atom. The Morgan fingerprint density at radius 2 is 1.75 bits per heavy atom. The van der Waals surface area contributed by atoms with Gasteiger partial charge in [0, 0.05) is 5.56 Å². The summed E-state index contributed by atoms with van der Waals surface area (Å²) in [5.74, 6) is 1.52. The number of ether oxygens (including phenoxy) is 2. The van der Waals surface area contributed by atoms with Crippen molar-refractivity contribution in [1.29, 1.82) is 5.26 Å². The second kappa shape index (κ2) is 9.21. The van der Waals surface area contributed by atoms with Gasteiger partial charge in [0.25, 0.3) is 0 Å². The molecule has 24 heavy (non-hydrogen) atoms. The van der Waals surface area contributed by atoms with Crippen molar-refractivity contribution < 1.29 is 14.7 Å². The van der Waals surface area contributed by atoms with Crippen molar-refractivity contribution >= 4 is 5.71 Å². The number of benzene rings is 2. The Morgan fingerprint density at radius 1 is 1.08 bits per heavy atom. The molecule has 1 N–H and O–H groups in total. The lowest BCUT2D eigenvalue weighted by molar-refractivity contribution is 0.298. The fourth-order valence-electron chi connectivity index (χ4n) is 2.14. The molecular weight excluding hydrogens is 304 g/mol. The maximum atomic E-state index is 9.01. The number of oxime groups is 1. The standard InChI is InChI=1S/C19H20N2O3/c1-2-3-12-23-16-8-10-17(11-9-16)24-14-15-6-4-5-7-18(15)19(13-20)21-22/h4-11,22H,2-3,12,14H2,1H3/b21-19-. The zero-order chi connectivity index (χ0) is 17.2. The molecule has 0 bridgehead atoms. The van der Waals surface area contributed by atoms with Gasteiger partial charge in [0.05, 0.1) is 6.61 Å². The van der Waals surface area contributed by atoms with Crippen LogP contribution in [-0.4, -0.2) is 17.5 Å². The van der Waals surface area contributed by atoms with Crippen LogP contribution in [0.4, 0.5) is 0 Å². The molecule has 0 heterocycles. The summed E-state index contributed by atoms with van der Waals surface area (Å²) in [5, 5.41) is 21.0. The Kier molecular flexibility index (Phi) is 6.66. The largest absolute Gasteiger partial charge is 0.494 e. The van der Waals surface area contributed by atoms with Gasteiger partial charge >= 0.3 is 0 Å². The third-order valence-corrected chi connectivity index (χ3v) is 3.46. The number of nitrogens with zero attached hydrogens (tertiary/aromatic N) is 2. The Labute approximate surface area is 141 Å². The highest BCUT2D eigenvalue weighted by atomic mass is 16.5. The smallest absolute Gasteiger partial charge is 0.187 e. The van der Waals surface area contributed by atoms with Crippen LogP contribution in [0.5, 0.6) is 11.5 Å².